The van der Waals surface area contributed by atoms with Crippen molar-refractivity contribution >= 4 is 11.6 Å². The van der Waals surface area contributed by atoms with Gasteiger partial charge in [0.1, 0.15) is 11.6 Å². The molecule has 1 N–H and O–H groups in total. The third-order valence-electron chi connectivity index (χ3n) is 4.71. The number of hydrogen-bond acceptors (Lipinski definition) is 7. The molecule has 3 aromatic rings. The Hall–Kier alpha value is -3.23. The fourth-order valence-corrected chi connectivity index (χ4v) is 3.28. The molecule has 0 aliphatic carbocycles. The molecule has 9 heteroatoms. The monoisotopic (exact) mass is 369 g/mol. The standard InChI is InChI=1S/C18H19N5O4/c1-10(2)14-20-16(27-21-14)12-5-3-7-22(12)17(25)11-9-19-15-13(24)6-4-8-23(15)18(11)26/h4,6,8-10,12,24H,3,5,7H2,1-2H3. The van der Waals surface area contributed by atoms with E-state index in [0.717, 1.165) is 10.8 Å². The van der Waals surface area contributed by atoms with E-state index in [2.05, 4.69) is 15.1 Å². The molecule has 0 radical (unpaired) electrons. The Bertz CT molecular complexity index is 1070. The Morgan fingerprint density at radius 2 is 2.22 bits per heavy atom. The van der Waals surface area contributed by atoms with E-state index in [1.54, 1.807) is 4.90 Å². The Balaban J connectivity index is 1.70. The van der Waals surface area contributed by atoms with Crippen molar-refractivity contribution in [2.45, 2.75) is 38.6 Å². The number of fused-ring (bicyclic) bond motifs is 1. The predicted molar refractivity (Wildman–Crippen MR) is 94.5 cm³/mol. The summed E-state index contributed by atoms with van der Waals surface area (Å²) in [6.07, 6.45) is 4.14. The van der Waals surface area contributed by atoms with Crippen molar-refractivity contribution in [1.82, 2.24) is 24.4 Å². The molecule has 1 aliphatic rings. The summed E-state index contributed by atoms with van der Waals surface area (Å²) in [6, 6.07) is 2.59. The molecule has 0 saturated carbocycles. The lowest BCUT2D eigenvalue weighted by molar-refractivity contribution is 0.0707. The second-order valence-electron chi connectivity index (χ2n) is 6.87. The molecule has 4 heterocycles. The van der Waals surface area contributed by atoms with Crippen LogP contribution in [0.4, 0.5) is 0 Å². The molecule has 1 aliphatic heterocycles. The highest BCUT2D eigenvalue weighted by molar-refractivity contribution is 5.94. The maximum absolute atomic E-state index is 13.0. The highest BCUT2D eigenvalue weighted by atomic mass is 16.5. The number of carbonyl (C=O) groups is 1. The fourth-order valence-electron chi connectivity index (χ4n) is 3.28. The summed E-state index contributed by atoms with van der Waals surface area (Å²) in [6.45, 7) is 4.41. The molecule has 1 fully saturated rings. The molecule has 1 atom stereocenters. The van der Waals surface area contributed by atoms with Gasteiger partial charge in [0.05, 0.1) is 0 Å². The normalized spacial score (nSPS) is 17.1. The average molecular weight is 369 g/mol. The summed E-state index contributed by atoms with van der Waals surface area (Å²) in [5, 5.41) is 13.8. The third kappa shape index (κ3) is 2.84. The molecule has 140 valence electrons. The van der Waals surface area contributed by atoms with E-state index >= 15 is 0 Å². The summed E-state index contributed by atoms with van der Waals surface area (Å²) in [5.74, 6) is 0.537. The summed E-state index contributed by atoms with van der Waals surface area (Å²) >= 11 is 0. The van der Waals surface area contributed by atoms with Crippen molar-refractivity contribution in [2.75, 3.05) is 6.54 Å². The lowest BCUT2D eigenvalue weighted by Crippen LogP contribution is -2.35. The molecule has 1 saturated heterocycles. The van der Waals surface area contributed by atoms with Crippen LogP contribution >= 0.6 is 0 Å². The van der Waals surface area contributed by atoms with Crippen molar-refractivity contribution in [3.05, 3.63) is 52.2 Å². The van der Waals surface area contributed by atoms with Gasteiger partial charge in [-0.05, 0) is 25.0 Å². The number of rotatable bonds is 3. The molecule has 9 nitrogen and oxygen atoms in total. The molecule has 0 bridgehead atoms. The molecular formula is C18H19N5O4. The van der Waals surface area contributed by atoms with E-state index in [1.807, 2.05) is 13.8 Å². The average Bonchev–Trinajstić information content (AvgIpc) is 3.31. The van der Waals surface area contributed by atoms with Gasteiger partial charge >= 0.3 is 0 Å². The van der Waals surface area contributed by atoms with E-state index in [9.17, 15) is 14.7 Å². The van der Waals surface area contributed by atoms with Crippen molar-refractivity contribution in [1.29, 1.82) is 0 Å². The molecule has 0 aromatic carbocycles. The van der Waals surface area contributed by atoms with E-state index in [-0.39, 0.29) is 28.9 Å². The first-order valence-corrected chi connectivity index (χ1v) is 8.81. The number of pyridine rings is 1. The molecule has 3 aromatic heterocycles. The van der Waals surface area contributed by atoms with E-state index < -0.39 is 11.5 Å². The van der Waals surface area contributed by atoms with Crippen LogP contribution in [0, 0.1) is 0 Å². The van der Waals surface area contributed by atoms with Crippen LogP contribution in [0.5, 0.6) is 5.75 Å². The third-order valence-corrected chi connectivity index (χ3v) is 4.71. The minimum absolute atomic E-state index is 0.0615. The number of aromatic hydroxyl groups is 1. The second-order valence-corrected chi connectivity index (χ2v) is 6.87. The first kappa shape index (κ1) is 17.2. The smallest absolute Gasteiger partial charge is 0.270 e. The van der Waals surface area contributed by atoms with Crippen LogP contribution in [0.3, 0.4) is 0 Å². The summed E-state index contributed by atoms with van der Waals surface area (Å²) in [4.78, 5) is 35.8. The number of carbonyl (C=O) groups excluding carboxylic acids is 1. The van der Waals surface area contributed by atoms with E-state index in [4.69, 9.17) is 4.52 Å². The van der Waals surface area contributed by atoms with Gasteiger partial charge in [0.2, 0.25) is 5.89 Å². The minimum Gasteiger partial charge on any atom is -0.504 e. The molecule has 1 unspecified atom stereocenters. The number of nitrogens with zero attached hydrogens (tertiary/aromatic N) is 5. The van der Waals surface area contributed by atoms with Gasteiger partial charge < -0.3 is 14.5 Å². The topological polar surface area (TPSA) is 114 Å². The highest BCUT2D eigenvalue weighted by Gasteiger charge is 2.36. The van der Waals surface area contributed by atoms with E-state index in [1.165, 1.54) is 24.5 Å². The van der Waals surface area contributed by atoms with Crippen molar-refractivity contribution in [2.24, 2.45) is 0 Å². The van der Waals surface area contributed by atoms with Crippen molar-refractivity contribution < 1.29 is 14.4 Å². The lowest BCUT2D eigenvalue weighted by Gasteiger charge is -2.21. The van der Waals surface area contributed by atoms with Crippen LogP contribution < -0.4 is 5.56 Å². The van der Waals surface area contributed by atoms with Crippen molar-refractivity contribution in [3.63, 3.8) is 0 Å². The lowest BCUT2D eigenvalue weighted by atomic mass is 10.2. The fraction of sp³-hybridized carbons (Fsp3) is 0.389. The van der Waals surface area contributed by atoms with Crippen LogP contribution in [-0.2, 0) is 0 Å². The summed E-state index contributed by atoms with van der Waals surface area (Å²) in [5.41, 5.74) is -0.482. The molecule has 27 heavy (non-hydrogen) atoms. The van der Waals surface area contributed by atoms with Crippen LogP contribution in [-0.4, -0.2) is 42.0 Å². The zero-order chi connectivity index (χ0) is 19.1. The van der Waals surface area contributed by atoms with Crippen LogP contribution in [0.15, 0.2) is 33.8 Å². The van der Waals surface area contributed by atoms with Gasteiger partial charge in [-0.1, -0.05) is 19.0 Å². The maximum atomic E-state index is 13.0. The SMILES string of the molecule is CC(C)c1noc(C2CCCN2C(=O)c2cnc3c(O)cccn3c2=O)n1. The molecule has 4 rings (SSSR count). The minimum atomic E-state index is -0.528. The summed E-state index contributed by atoms with van der Waals surface area (Å²) < 4.78 is 6.52. The van der Waals surface area contributed by atoms with Gasteiger partial charge in [-0.25, -0.2) is 4.98 Å². The maximum Gasteiger partial charge on any atom is 0.270 e. The largest absolute Gasteiger partial charge is 0.504 e. The number of likely N-dealkylation sites (tertiary alicyclic amines) is 1. The van der Waals surface area contributed by atoms with Gasteiger partial charge in [0.15, 0.2) is 17.2 Å². The second kappa shape index (κ2) is 6.49. The Morgan fingerprint density at radius 1 is 1.41 bits per heavy atom. The van der Waals surface area contributed by atoms with Crippen LogP contribution in [0.2, 0.25) is 0 Å². The zero-order valence-corrected chi connectivity index (χ0v) is 15.0. The summed E-state index contributed by atoms with van der Waals surface area (Å²) in [7, 11) is 0. The molecule has 1 amide bonds. The molecule has 0 spiro atoms. The number of amides is 1. The van der Waals surface area contributed by atoms with Gasteiger partial charge in [-0.15, -0.1) is 0 Å². The van der Waals surface area contributed by atoms with Gasteiger partial charge in [-0.3, -0.25) is 14.0 Å². The predicted octanol–water partition coefficient (Wildman–Crippen LogP) is 1.88. The highest BCUT2D eigenvalue weighted by Crippen LogP contribution is 2.32. The first-order chi connectivity index (χ1) is 13.0. The van der Waals surface area contributed by atoms with E-state index in [0.29, 0.717) is 24.7 Å². The van der Waals surface area contributed by atoms with Crippen LogP contribution in [0.1, 0.15) is 60.7 Å². The quantitative estimate of drug-likeness (QED) is 0.750. The van der Waals surface area contributed by atoms with Crippen molar-refractivity contribution in [3.8, 4) is 5.75 Å². The zero-order valence-electron chi connectivity index (χ0n) is 15.0. The van der Waals surface area contributed by atoms with Gasteiger partial charge in [-0.2, -0.15) is 4.98 Å². The Labute approximate surface area is 154 Å². The first-order valence-electron chi connectivity index (χ1n) is 8.81. The van der Waals surface area contributed by atoms with Gasteiger partial charge in [0, 0.05) is 24.9 Å². The number of hydrogen-bond donors (Lipinski definition) is 1. The Kier molecular flexibility index (Phi) is 4.14. The van der Waals surface area contributed by atoms with Crippen LogP contribution in [0.25, 0.3) is 5.65 Å². The number of aromatic nitrogens is 4. The Morgan fingerprint density at radius 3 is 2.96 bits per heavy atom. The molecular weight excluding hydrogens is 350 g/mol. The van der Waals surface area contributed by atoms with Gasteiger partial charge in [0.25, 0.3) is 11.5 Å².